The summed E-state index contributed by atoms with van der Waals surface area (Å²) in [5.74, 6) is -0.0342. The lowest BCUT2D eigenvalue weighted by Gasteiger charge is -2.36. The number of hydrogen-bond donors (Lipinski definition) is 4. The van der Waals surface area contributed by atoms with Crippen LogP contribution in [0.1, 0.15) is 13.3 Å². The van der Waals surface area contributed by atoms with E-state index in [1.807, 2.05) is 31.2 Å². The van der Waals surface area contributed by atoms with E-state index in [0.717, 1.165) is 55.1 Å². The molecule has 0 unspecified atom stereocenters. The standard InChI is InChI=1S/C36H53ClN8O7/c1-2-47-18-19-51-23-20-48-15-8-33(46)40-9-16-49-21-24-52-25-22-50-17-14-44-10-12-45(13-11-44)30-5-3-4-28(26-30)34-31-27-29(37)6-7-32(31)41-36(42-34)43-35(38)39/h3-7,26-27H,2,8-25H2,1H3,(H,40,46)(H4,38,39,41,42,43). The molecule has 4 rings (SSSR count). The smallest absolute Gasteiger partial charge is 0.230 e. The van der Waals surface area contributed by atoms with Gasteiger partial charge in [-0.3, -0.25) is 20.4 Å². The van der Waals surface area contributed by atoms with Crippen molar-refractivity contribution in [3.63, 3.8) is 0 Å². The number of rotatable bonds is 25. The summed E-state index contributed by atoms with van der Waals surface area (Å²) in [5.41, 5.74) is 9.02. The van der Waals surface area contributed by atoms with Crippen LogP contribution < -0.4 is 21.3 Å². The average Bonchev–Trinajstić information content (AvgIpc) is 3.14. The van der Waals surface area contributed by atoms with Crippen LogP contribution in [0.4, 0.5) is 11.6 Å². The van der Waals surface area contributed by atoms with Crippen molar-refractivity contribution in [1.29, 1.82) is 5.41 Å². The van der Waals surface area contributed by atoms with Gasteiger partial charge in [0.1, 0.15) is 0 Å². The summed E-state index contributed by atoms with van der Waals surface area (Å²) in [7, 11) is 0. The number of nitrogens with two attached hydrogens (primary N) is 1. The van der Waals surface area contributed by atoms with Crippen molar-refractivity contribution < 1.29 is 33.2 Å². The lowest BCUT2D eigenvalue weighted by atomic mass is 10.1. The predicted octanol–water partition coefficient (Wildman–Crippen LogP) is 3.00. The summed E-state index contributed by atoms with van der Waals surface area (Å²) in [6, 6.07) is 13.8. The number of halogens is 1. The summed E-state index contributed by atoms with van der Waals surface area (Å²) in [4.78, 5) is 25.8. The second kappa shape index (κ2) is 23.8. The highest BCUT2D eigenvalue weighted by Gasteiger charge is 2.18. The van der Waals surface area contributed by atoms with Crippen LogP contribution in [0.5, 0.6) is 0 Å². The first-order valence-electron chi connectivity index (χ1n) is 17.8. The van der Waals surface area contributed by atoms with Crippen molar-refractivity contribution in [2.45, 2.75) is 13.3 Å². The number of nitrogens with zero attached hydrogens (tertiary/aromatic N) is 4. The summed E-state index contributed by atoms with van der Waals surface area (Å²) < 4.78 is 32.9. The number of carbonyl (C=O) groups is 1. The molecule has 1 aliphatic rings. The molecule has 2 heterocycles. The maximum Gasteiger partial charge on any atom is 0.230 e. The predicted molar refractivity (Wildman–Crippen MR) is 202 cm³/mol. The minimum Gasteiger partial charge on any atom is -0.379 e. The Morgan fingerprint density at radius 1 is 0.827 bits per heavy atom. The fourth-order valence-electron chi connectivity index (χ4n) is 5.41. The third-order valence-electron chi connectivity index (χ3n) is 8.05. The van der Waals surface area contributed by atoms with Crippen molar-refractivity contribution in [2.75, 3.05) is 129 Å². The fraction of sp³-hybridized carbons (Fsp3) is 0.556. The molecule has 2 aromatic carbocycles. The van der Waals surface area contributed by atoms with E-state index in [4.69, 9.17) is 51.2 Å². The zero-order valence-electron chi connectivity index (χ0n) is 30.1. The molecule has 1 aliphatic heterocycles. The molecule has 0 radical (unpaired) electrons. The van der Waals surface area contributed by atoms with Gasteiger partial charge in [0.05, 0.1) is 83.9 Å². The van der Waals surface area contributed by atoms with Crippen LogP contribution in [0.2, 0.25) is 5.02 Å². The number of ether oxygens (including phenoxy) is 6. The van der Waals surface area contributed by atoms with Gasteiger partial charge in [-0.05, 0) is 37.3 Å². The molecule has 0 aliphatic carbocycles. The lowest BCUT2D eigenvalue weighted by molar-refractivity contribution is -0.122. The first-order chi connectivity index (χ1) is 25.4. The highest BCUT2D eigenvalue weighted by molar-refractivity contribution is 6.31. The van der Waals surface area contributed by atoms with Gasteiger partial charge in [0, 0.05) is 74.0 Å². The van der Waals surface area contributed by atoms with E-state index in [0.29, 0.717) is 103 Å². The molecular weight excluding hydrogens is 692 g/mol. The molecule has 5 N–H and O–H groups in total. The van der Waals surface area contributed by atoms with Gasteiger partial charge in [-0.1, -0.05) is 23.7 Å². The molecule has 16 heteroatoms. The molecular formula is C36H53ClN8O7. The van der Waals surface area contributed by atoms with Crippen molar-refractivity contribution in [2.24, 2.45) is 5.73 Å². The van der Waals surface area contributed by atoms with Crippen LogP contribution in [-0.2, 0) is 33.2 Å². The van der Waals surface area contributed by atoms with Gasteiger partial charge >= 0.3 is 0 Å². The Morgan fingerprint density at radius 3 is 2.17 bits per heavy atom. The molecule has 286 valence electrons. The molecule has 3 aromatic rings. The van der Waals surface area contributed by atoms with Gasteiger partial charge < -0.3 is 44.4 Å². The zero-order valence-corrected chi connectivity index (χ0v) is 30.8. The van der Waals surface area contributed by atoms with E-state index in [1.165, 1.54) is 0 Å². The molecule has 0 atom stereocenters. The number of anilines is 2. The Kier molecular flexibility index (Phi) is 18.8. The normalized spacial score (nSPS) is 13.5. The molecule has 0 saturated carbocycles. The van der Waals surface area contributed by atoms with E-state index < -0.39 is 0 Å². The van der Waals surface area contributed by atoms with E-state index >= 15 is 0 Å². The quantitative estimate of drug-likeness (QED) is 0.0566. The van der Waals surface area contributed by atoms with Gasteiger partial charge in [-0.2, -0.15) is 0 Å². The van der Waals surface area contributed by atoms with Crippen LogP contribution >= 0.6 is 11.6 Å². The zero-order chi connectivity index (χ0) is 36.8. The Hall–Kier alpha value is -3.67. The van der Waals surface area contributed by atoms with Crippen molar-refractivity contribution in [3.05, 3.63) is 47.5 Å². The third-order valence-corrected chi connectivity index (χ3v) is 8.28. The van der Waals surface area contributed by atoms with Crippen LogP contribution in [-0.4, -0.2) is 145 Å². The van der Waals surface area contributed by atoms with Crippen LogP contribution in [0.15, 0.2) is 42.5 Å². The summed E-state index contributed by atoms with van der Waals surface area (Å²) in [6.45, 7) is 13.0. The summed E-state index contributed by atoms with van der Waals surface area (Å²) in [6.07, 6.45) is 0.303. The van der Waals surface area contributed by atoms with Gasteiger partial charge in [-0.25, -0.2) is 9.97 Å². The van der Waals surface area contributed by atoms with Crippen LogP contribution in [0, 0.1) is 5.41 Å². The van der Waals surface area contributed by atoms with Crippen molar-refractivity contribution in [1.82, 2.24) is 20.2 Å². The van der Waals surface area contributed by atoms with Crippen LogP contribution in [0.3, 0.4) is 0 Å². The monoisotopic (exact) mass is 744 g/mol. The molecule has 52 heavy (non-hydrogen) atoms. The number of fused-ring (bicyclic) bond motifs is 1. The molecule has 0 bridgehead atoms. The fourth-order valence-corrected chi connectivity index (χ4v) is 5.58. The lowest BCUT2D eigenvalue weighted by Crippen LogP contribution is -2.47. The first kappa shape index (κ1) is 41.1. The highest BCUT2D eigenvalue weighted by atomic mass is 35.5. The second-order valence-corrected chi connectivity index (χ2v) is 12.3. The van der Waals surface area contributed by atoms with E-state index in [1.54, 1.807) is 6.07 Å². The number of guanidine groups is 1. The van der Waals surface area contributed by atoms with Gasteiger partial charge in [0.2, 0.25) is 11.9 Å². The highest BCUT2D eigenvalue weighted by Crippen LogP contribution is 2.32. The van der Waals surface area contributed by atoms with Crippen LogP contribution in [0.25, 0.3) is 22.2 Å². The Morgan fingerprint density at radius 2 is 1.48 bits per heavy atom. The van der Waals surface area contributed by atoms with Crippen molar-refractivity contribution >= 4 is 46.0 Å². The number of benzene rings is 2. The van der Waals surface area contributed by atoms with Gasteiger partial charge in [0.15, 0.2) is 5.96 Å². The molecule has 15 nitrogen and oxygen atoms in total. The Balaban J connectivity index is 1.02. The number of carbonyl (C=O) groups excluding carboxylic acids is 1. The Labute approximate surface area is 310 Å². The minimum absolute atomic E-state index is 0.0685. The average molecular weight is 745 g/mol. The molecule has 0 spiro atoms. The number of amides is 1. The summed E-state index contributed by atoms with van der Waals surface area (Å²) >= 11 is 6.32. The van der Waals surface area contributed by atoms with E-state index in [9.17, 15) is 4.79 Å². The maximum absolute atomic E-state index is 11.9. The maximum atomic E-state index is 11.9. The Bertz CT molecular complexity index is 1510. The first-order valence-corrected chi connectivity index (χ1v) is 18.2. The topological polar surface area (TPSA) is 179 Å². The second-order valence-electron chi connectivity index (χ2n) is 11.8. The number of piperazine rings is 1. The number of aromatic nitrogens is 2. The largest absolute Gasteiger partial charge is 0.379 e. The molecule has 1 aromatic heterocycles. The van der Waals surface area contributed by atoms with Gasteiger partial charge in [-0.15, -0.1) is 0 Å². The molecule has 1 amide bonds. The minimum atomic E-state index is -0.229. The third kappa shape index (κ3) is 15.1. The molecule has 1 fully saturated rings. The number of hydrogen-bond acceptors (Lipinski definition) is 12. The van der Waals surface area contributed by atoms with E-state index in [2.05, 4.69) is 42.5 Å². The summed E-state index contributed by atoms with van der Waals surface area (Å²) in [5, 5.41) is 14.6. The van der Waals surface area contributed by atoms with Gasteiger partial charge in [0.25, 0.3) is 0 Å². The SMILES string of the molecule is CCOCCOCCOCCC(=O)NCCOCCOCCOCCN1CCN(c2cccc(-c3nc(NC(=N)N)nc4ccc(Cl)cc34)c2)CC1. The number of nitrogens with one attached hydrogen (secondary N) is 3. The van der Waals surface area contributed by atoms with E-state index in [-0.39, 0.29) is 17.8 Å². The molecule has 1 saturated heterocycles. The van der Waals surface area contributed by atoms with Crippen molar-refractivity contribution in [3.8, 4) is 11.3 Å².